The molecule has 2 aromatic rings. The summed E-state index contributed by atoms with van der Waals surface area (Å²) < 4.78 is 13.0. The molecule has 0 aromatic carbocycles. The summed E-state index contributed by atoms with van der Waals surface area (Å²) in [7, 11) is 0. The minimum absolute atomic E-state index is 0.0875. The second-order valence-electron chi connectivity index (χ2n) is 6.22. The van der Waals surface area contributed by atoms with E-state index in [-0.39, 0.29) is 6.10 Å². The molecule has 0 bridgehead atoms. The molecule has 2 aliphatic heterocycles. The van der Waals surface area contributed by atoms with Crippen LogP contribution in [0.15, 0.2) is 23.9 Å². The molecule has 0 radical (unpaired) electrons. The maximum absolute atomic E-state index is 7.95. The molecule has 2 N–H and O–H groups in total. The highest BCUT2D eigenvalue weighted by Gasteiger charge is 2.21. The second-order valence-corrected chi connectivity index (χ2v) is 6.22. The van der Waals surface area contributed by atoms with Gasteiger partial charge in [0, 0.05) is 48.3 Å². The predicted molar refractivity (Wildman–Crippen MR) is 90.5 cm³/mol. The van der Waals surface area contributed by atoms with E-state index in [9.17, 15) is 0 Å². The van der Waals surface area contributed by atoms with Crippen LogP contribution in [0.4, 0.5) is 5.82 Å². The molecule has 2 aliphatic rings. The zero-order valence-electron chi connectivity index (χ0n) is 13.7. The molecule has 0 amide bonds. The van der Waals surface area contributed by atoms with E-state index in [0.29, 0.717) is 25.3 Å². The number of aryl methyl sites for hydroxylation is 1. The first-order chi connectivity index (χ1) is 11.7. The molecule has 4 heterocycles. The third kappa shape index (κ3) is 2.92. The van der Waals surface area contributed by atoms with Gasteiger partial charge in [0.2, 0.25) is 0 Å². The summed E-state index contributed by atoms with van der Waals surface area (Å²) in [6, 6.07) is 3.94. The van der Waals surface area contributed by atoms with E-state index in [0.717, 1.165) is 47.9 Å². The Morgan fingerprint density at radius 3 is 3.08 bits per heavy atom. The summed E-state index contributed by atoms with van der Waals surface area (Å²) in [5.41, 5.74) is 4.24. The minimum atomic E-state index is 0.0875. The Balaban J connectivity index is 1.59. The first-order valence-corrected chi connectivity index (χ1v) is 8.31. The summed E-state index contributed by atoms with van der Waals surface area (Å²) >= 11 is 0. The molecular formula is C17H21N5O2. The van der Waals surface area contributed by atoms with Crippen LogP contribution in [0.25, 0.3) is 5.65 Å². The third-order valence-electron chi connectivity index (χ3n) is 4.42. The minimum Gasteiger partial charge on any atom is -0.376 e. The zero-order chi connectivity index (χ0) is 16.5. The van der Waals surface area contributed by atoms with Crippen molar-refractivity contribution in [1.29, 1.82) is 5.41 Å². The topological polar surface area (TPSA) is 84.5 Å². The van der Waals surface area contributed by atoms with E-state index in [1.54, 1.807) is 0 Å². The van der Waals surface area contributed by atoms with Crippen molar-refractivity contribution in [2.75, 3.05) is 25.1 Å². The van der Waals surface area contributed by atoms with Crippen molar-refractivity contribution in [2.24, 2.45) is 0 Å². The Morgan fingerprint density at radius 1 is 1.38 bits per heavy atom. The Hall–Kier alpha value is -2.25. The summed E-state index contributed by atoms with van der Waals surface area (Å²) in [4.78, 5) is 4.62. The van der Waals surface area contributed by atoms with Gasteiger partial charge < -0.3 is 20.2 Å². The van der Waals surface area contributed by atoms with Gasteiger partial charge >= 0.3 is 0 Å². The average Bonchev–Trinajstić information content (AvgIpc) is 3.23. The van der Waals surface area contributed by atoms with Gasteiger partial charge in [-0.1, -0.05) is 0 Å². The molecule has 7 nitrogen and oxygen atoms in total. The Morgan fingerprint density at radius 2 is 2.29 bits per heavy atom. The zero-order valence-corrected chi connectivity index (χ0v) is 13.7. The standard InChI is InChI=1S/C17H21N5O2/c1-11-7-16(19-9-12-10-23-6-4-13(12)18)20-17-8-14(21-22(11)17)15-3-2-5-24-15/h7-9,15,18H,2-6,10H2,1H3,(H,19,20)/b12-9-,18-13?. The fourth-order valence-corrected chi connectivity index (χ4v) is 3.08. The van der Waals surface area contributed by atoms with E-state index in [4.69, 9.17) is 14.9 Å². The van der Waals surface area contributed by atoms with E-state index in [1.165, 1.54) is 0 Å². The van der Waals surface area contributed by atoms with Gasteiger partial charge in [0.25, 0.3) is 0 Å². The first kappa shape index (κ1) is 15.3. The Labute approximate surface area is 140 Å². The van der Waals surface area contributed by atoms with Crippen LogP contribution in [-0.2, 0) is 9.47 Å². The van der Waals surface area contributed by atoms with Gasteiger partial charge in [-0.05, 0) is 19.8 Å². The van der Waals surface area contributed by atoms with Crippen molar-refractivity contribution in [2.45, 2.75) is 32.3 Å². The van der Waals surface area contributed by atoms with Crippen LogP contribution in [0.1, 0.15) is 36.8 Å². The summed E-state index contributed by atoms with van der Waals surface area (Å²) in [5, 5.41) is 15.8. The average molecular weight is 327 g/mol. The van der Waals surface area contributed by atoms with Gasteiger partial charge in [-0.2, -0.15) is 5.10 Å². The van der Waals surface area contributed by atoms with Crippen LogP contribution in [0.2, 0.25) is 0 Å². The van der Waals surface area contributed by atoms with Gasteiger partial charge in [-0.25, -0.2) is 9.50 Å². The van der Waals surface area contributed by atoms with Crippen LogP contribution in [0.5, 0.6) is 0 Å². The van der Waals surface area contributed by atoms with Crippen molar-refractivity contribution in [3.8, 4) is 0 Å². The lowest BCUT2D eigenvalue weighted by atomic mass is 10.1. The Kier molecular flexibility index (Phi) is 4.03. The van der Waals surface area contributed by atoms with Gasteiger partial charge in [-0.3, -0.25) is 0 Å². The van der Waals surface area contributed by atoms with Gasteiger partial charge in [0.05, 0.1) is 18.9 Å². The van der Waals surface area contributed by atoms with Gasteiger partial charge in [0.15, 0.2) is 5.65 Å². The number of rotatable bonds is 3. The van der Waals surface area contributed by atoms with Crippen LogP contribution in [0, 0.1) is 12.3 Å². The third-order valence-corrected chi connectivity index (χ3v) is 4.42. The molecule has 1 unspecified atom stereocenters. The molecule has 24 heavy (non-hydrogen) atoms. The maximum atomic E-state index is 7.95. The van der Waals surface area contributed by atoms with Crippen LogP contribution in [0.3, 0.4) is 0 Å². The van der Waals surface area contributed by atoms with Crippen molar-refractivity contribution < 1.29 is 9.47 Å². The van der Waals surface area contributed by atoms with Crippen LogP contribution >= 0.6 is 0 Å². The molecule has 2 fully saturated rings. The predicted octanol–water partition coefficient (Wildman–Crippen LogP) is 2.63. The number of hydrogen-bond acceptors (Lipinski definition) is 6. The highest BCUT2D eigenvalue weighted by atomic mass is 16.5. The lowest BCUT2D eigenvalue weighted by molar-refractivity contribution is 0.108. The van der Waals surface area contributed by atoms with Crippen molar-refractivity contribution in [3.63, 3.8) is 0 Å². The summed E-state index contributed by atoms with van der Waals surface area (Å²) in [6.07, 6.45) is 4.66. The largest absolute Gasteiger partial charge is 0.376 e. The second kappa shape index (κ2) is 6.33. The molecule has 0 aliphatic carbocycles. The molecule has 2 saturated heterocycles. The first-order valence-electron chi connectivity index (χ1n) is 8.31. The lowest BCUT2D eigenvalue weighted by Crippen LogP contribution is -2.19. The quantitative estimate of drug-likeness (QED) is 0.905. The number of fused-ring (bicyclic) bond motifs is 1. The van der Waals surface area contributed by atoms with Gasteiger partial charge in [0.1, 0.15) is 11.9 Å². The van der Waals surface area contributed by atoms with E-state index < -0.39 is 0 Å². The van der Waals surface area contributed by atoms with E-state index >= 15 is 0 Å². The monoisotopic (exact) mass is 327 g/mol. The molecule has 7 heteroatoms. The Bertz CT molecular complexity index is 805. The van der Waals surface area contributed by atoms with Crippen LogP contribution < -0.4 is 5.32 Å². The van der Waals surface area contributed by atoms with Crippen molar-refractivity contribution in [3.05, 3.63) is 35.3 Å². The number of hydrogen-bond donors (Lipinski definition) is 2. The normalized spacial score (nSPS) is 23.3. The number of aromatic nitrogens is 3. The molecule has 4 rings (SSSR count). The molecular weight excluding hydrogens is 306 g/mol. The SMILES string of the molecule is Cc1cc(N/C=C2/COCCC2=N)nc2cc(C3CCCO3)nn12. The van der Waals surface area contributed by atoms with E-state index in [2.05, 4.69) is 15.4 Å². The van der Waals surface area contributed by atoms with Crippen molar-refractivity contribution >= 4 is 17.2 Å². The molecule has 126 valence electrons. The summed E-state index contributed by atoms with van der Waals surface area (Å²) in [5.74, 6) is 0.740. The highest BCUT2D eigenvalue weighted by Crippen LogP contribution is 2.28. The number of nitrogens with zero attached hydrogens (tertiary/aromatic N) is 3. The van der Waals surface area contributed by atoms with E-state index in [1.807, 2.05) is 29.8 Å². The number of anilines is 1. The lowest BCUT2D eigenvalue weighted by Gasteiger charge is -2.16. The maximum Gasteiger partial charge on any atom is 0.158 e. The fourth-order valence-electron chi connectivity index (χ4n) is 3.08. The van der Waals surface area contributed by atoms with Crippen molar-refractivity contribution in [1.82, 2.24) is 14.6 Å². The van der Waals surface area contributed by atoms with Crippen LogP contribution in [-0.4, -0.2) is 40.1 Å². The smallest absolute Gasteiger partial charge is 0.158 e. The molecule has 1 atom stereocenters. The number of ether oxygens (including phenoxy) is 2. The van der Waals surface area contributed by atoms with Gasteiger partial charge in [-0.15, -0.1) is 0 Å². The fraction of sp³-hybridized carbons (Fsp3) is 0.471. The molecule has 0 saturated carbocycles. The highest BCUT2D eigenvalue weighted by molar-refractivity contribution is 5.98. The molecule has 2 aromatic heterocycles. The summed E-state index contributed by atoms with van der Waals surface area (Å²) in [6.45, 7) is 3.91. The number of nitrogens with one attached hydrogen (secondary N) is 2. The molecule has 0 spiro atoms.